The highest BCUT2D eigenvalue weighted by atomic mass is 19.1. The van der Waals surface area contributed by atoms with Crippen molar-refractivity contribution in [2.75, 3.05) is 27.3 Å². The zero-order valence-electron chi connectivity index (χ0n) is 35.1. The third-order valence-electron chi connectivity index (χ3n) is 11.9. The summed E-state index contributed by atoms with van der Waals surface area (Å²) in [5.74, 6) is 6.43. The van der Waals surface area contributed by atoms with Crippen molar-refractivity contribution in [3.05, 3.63) is 118 Å². The Hall–Kier alpha value is -6.95. The maximum atomic E-state index is 15.6. The van der Waals surface area contributed by atoms with Crippen LogP contribution in [0.4, 0.5) is 14.0 Å². The summed E-state index contributed by atoms with van der Waals surface area (Å²) in [6.45, 7) is 4.85. The van der Waals surface area contributed by atoms with Gasteiger partial charge in [-0.25, -0.2) is 23.9 Å². The van der Waals surface area contributed by atoms with E-state index in [0.29, 0.717) is 42.2 Å². The predicted octanol–water partition coefficient (Wildman–Crippen LogP) is 6.91. The summed E-state index contributed by atoms with van der Waals surface area (Å²) >= 11 is 0. The third kappa shape index (κ3) is 8.50. The molecule has 0 radical (unpaired) electrons. The van der Waals surface area contributed by atoms with E-state index < -0.39 is 30.1 Å². The summed E-state index contributed by atoms with van der Waals surface area (Å²) in [4.78, 5) is 71.8. The van der Waals surface area contributed by atoms with Gasteiger partial charge in [0.1, 0.15) is 29.5 Å². The van der Waals surface area contributed by atoms with E-state index in [2.05, 4.69) is 37.4 Å². The molecule has 1 aliphatic carbocycles. The number of H-pyrrole nitrogens is 2. The standard InChI is InChI=1S/C47H49FN8O6/c1-27(2)39(53-46(59)61-3)44(57)56-23-9-13-38(56)43-50-35-21-19-31-24-28(15-20-33(31)41(35)52-43)14-16-29-17-18-32(25-34(29)48)36-26-49-42(51-36)37-12-8-22-55(37)45(58)40(54-47(60)62-4)30-10-6-5-7-11-30/h5-7,10-11,15,17-18,20,24-27,37-40H,8-9,12-13,19,21-23H2,1-4H3,(H,49,51)(H,50,52)(H,53,59)(H,54,60). The Labute approximate surface area is 359 Å². The molecule has 2 aromatic heterocycles. The minimum atomic E-state index is -0.934. The number of amides is 4. The number of hydrogen-bond donors (Lipinski definition) is 4. The fourth-order valence-corrected chi connectivity index (χ4v) is 8.72. The van der Waals surface area contributed by atoms with Gasteiger partial charge in [-0.1, -0.05) is 68.2 Å². The summed E-state index contributed by atoms with van der Waals surface area (Å²) < 4.78 is 25.2. The molecule has 4 N–H and O–H groups in total. The SMILES string of the molecule is COC(=O)NC(C(=O)N1CCCC1c1ncc(-c2ccc(C#Cc3ccc4c(c3)CCc3[nH]c(C5CCCN5C(=O)C(NC(=O)OC)C(C)C)nc3-4)c(F)c2)[nH]1)c1ccccc1. The van der Waals surface area contributed by atoms with Crippen LogP contribution in [0.1, 0.15) is 97.3 Å². The van der Waals surface area contributed by atoms with Crippen LogP contribution in [0.2, 0.25) is 0 Å². The molecular weight excluding hydrogens is 792 g/mol. The van der Waals surface area contributed by atoms with Crippen molar-refractivity contribution in [2.24, 2.45) is 5.92 Å². The number of nitrogens with zero attached hydrogens (tertiary/aromatic N) is 4. The Bertz CT molecular complexity index is 2560. The van der Waals surface area contributed by atoms with Crippen LogP contribution in [0.25, 0.3) is 22.5 Å². The van der Waals surface area contributed by atoms with E-state index in [1.807, 2.05) is 43.0 Å². The minimum Gasteiger partial charge on any atom is -0.453 e. The van der Waals surface area contributed by atoms with E-state index in [1.54, 1.807) is 47.5 Å². The number of carbonyl (C=O) groups is 4. The molecule has 2 aliphatic heterocycles. The molecule has 0 spiro atoms. The van der Waals surface area contributed by atoms with Crippen LogP contribution in [0.3, 0.4) is 0 Å². The summed E-state index contributed by atoms with van der Waals surface area (Å²) in [6.07, 6.45) is 4.82. The van der Waals surface area contributed by atoms with Crippen LogP contribution >= 0.6 is 0 Å². The van der Waals surface area contributed by atoms with Crippen LogP contribution in [-0.2, 0) is 31.9 Å². The second-order valence-corrected chi connectivity index (χ2v) is 16.2. The molecule has 0 saturated carbocycles. The molecule has 15 heteroatoms. The Morgan fingerprint density at radius 3 is 2.24 bits per heavy atom. The fourth-order valence-electron chi connectivity index (χ4n) is 8.72. The summed E-state index contributed by atoms with van der Waals surface area (Å²) in [7, 11) is 2.54. The lowest BCUT2D eigenvalue weighted by atomic mass is 9.91. The number of nitrogens with one attached hydrogen (secondary N) is 4. The molecule has 5 aromatic rings. The van der Waals surface area contributed by atoms with Gasteiger partial charge in [-0.05, 0) is 79.8 Å². The second-order valence-electron chi connectivity index (χ2n) is 16.2. The van der Waals surface area contributed by atoms with Gasteiger partial charge in [0.2, 0.25) is 5.91 Å². The molecular formula is C47H49FN8O6. The first-order valence-electron chi connectivity index (χ1n) is 21.0. The molecule has 62 heavy (non-hydrogen) atoms. The van der Waals surface area contributed by atoms with Gasteiger partial charge in [0.15, 0.2) is 0 Å². The number of methoxy groups -OCH3 is 2. The fraction of sp³-hybridized carbons (Fsp3) is 0.362. The number of aryl methyl sites for hydroxylation is 2. The number of benzene rings is 3. The van der Waals surface area contributed by atoms with Gasteiger partial charge in [-0.15, -0.1) is 0 Å². The van der Waals surface area contributed by atoms with E-state index in [4.69, 9.17) is 14.5 Å². The van der Waals surface area contributed by atoms with Crippen LogP contribution in [0.15, 0.2) is 72.9 Å². The van der Waals surface area contributed by atoms with Gasteiger partial charge in [0.05, 0.1) is 49.5 Å². The van der Waals surface area contributed by atoms with Crippen molar-refractivity contribution >= 4 is 24.0 Å². The van der Waals surface area contributed by atoms with Crippen molar-refractivity contribution in [1.82, 2.24) is 40.4 Å². The minimum absolute atomic E-state index is 0.126. The number of alkyl carbamates (subject to hydrolysis) is 2. The van der Waals surface area contributed by atoms with Crippen molar-refractivity contribution < 1.29 is 33.0 Å². The van der Waals surface area contributed by atoms with Gasteiger partial charge in [0.25, 0.3) is 5.91 Å². The molecule has 0 bridgehead atoms. The van der Waals surface area contributed by atoms with Gasteiger partial charge in [0, 0.05) is 35.5 Å². The van der Waals surface area contributed by atoms with Gasteiger partial charge in [-0.2, -0.15) is 0 Å². The van der Waals surface area contributed by atoms with Crippen LogP contribution < -0.4 is 10.6 Å². The maximum Gasteiger partial charge on any atom is 0.407 e. The Balaban J connectivity index is 0.950. The van der Waals surface area contributed by atoms with E-state index in [1.165, 1.54) is 20.3 Å². The molecule has 8 rings (SSSR count). The quantitative estimate of drug-likeness (QED) is 0.116. The first-order valence-corrected chi connectivity index (χ1v) is 21.0. The van der Waals surface area contributed by atoms with Crippen molar-refractivity contribution in [1.29, 1.82) is 0 Å². The monoisotopic (exact) mass is 840 g/mol. The van der Waals surface area contributed by atoms with Crippen molar-refractivity contribution in [2.45, 2.75) is 76.5 Å². The zero-order valence-corrected chi connectivity index (χ0v) is 35.1. The lowest BCUT2D eigenvalue weighted by molar-refractivity contribution is -0.135. The van der Waals surface area contributed by atoms with Crippen LogP contribution in [-0.4, -0.2) is 87.1 Å². The molecule has 4 amide bonds. The number of imidazole rings is 2. The van der Waals surface area contributed by atoms with E-state index in [0.717, 1.165) is 66.0 Å². The number of aromatic nitrogens is 4. The molecule has 4 heterocycles. The molecule has 14 nitrogen and oxygen atoms in total. The molecule has 3 aromatic carbocycles. The largest absolute Gasteiger partial charge is 0.453 e. The van der Waals surface area contributed by atoms with Gasteiger partial charge >= 0.3 is 12.2 Å². The third-order valence-corrected chi connectivity index (χ3v) is 11.9. The lowest BCUT2D eigenvalue weighted by Crippen LogP contribution is -2.51. The molecule has 4 unspecified atom stereocenters. The Morgan fingerprint density at radius 2 is 1.53 bits per heavy atom. The number of fused-ring (bicyclic) bond motifs is 3. The first-order chi connectivity index (χ1) is 30.0. The number of rotatable bonds is 9. The number of carbonyl (C=O) groups excluding carboxylic acids is 4. The number of ether oxygens (including phenoxy) is 2. The highest BCUT2D eigenvalue weighted by molar-refractivity contribution is 5.88. The molecule has 2 fully saturated rings. The number of aromatic amines is 2. The average Bonchev–Trinajstić information content (AvgIpc) is 4.13. The first kappa shape index (κ1) is 41.8. The van der Waals surface area contributed by atoms with Crippen molar-refractivity contribution in [3.8, 4) is 34.4 Å². The van der Waals surface area contributed by atoms with Crippen LogP contribution in [0, 0.1) is 23.6 Å². The Morgan fingerprint density at radius 1 is 0.823 bits per heavy atom. The summed E-state index contributed by atoms with van der Waals surface area (Å²) in [6, 6.07) is 17.6. The average molecular weight is 841 g/mol. The molecule has 4 atom stereocenters. The maximum absolute atomic E-state index is 15.6. The zero-order chi connectivity index (χ0) is 43.5. The summed E-state index contributed by atoms with van der Waals surface area (Å²) in [5, 5.41) is 5.38. The smallest absolute Gasteiger partial charge is 0.407 e. The van der Waals surface area contributed by atoms with Crippen LogP contribution in [0.5, 0.6) is 0 Å². The topological polar surface area (TPSA) is 175 Å². The number of likely N-dealkylation sites (tertiary alicyclic amines) is 2. The van der Waals surface area contributed by atoms with E-state index in [9.17, 15) is 19.2 Å². The molecule has 320 valence electrons. The Kier molecular flexibility index (Phi) is 12.1. The molecule has 2 saturated heterocycles. The number of halogens is 1. The normalized spacial score (nSPS) is 17.6. The lowest BCUT2D eigenvalue weighted by Gasteiger charge is -2.30. The highest BCUT2D eigenvalue weighted by Gasteiger charge is 2.39. The summed E-state index contributed by atoms with van der Waals surface area (Å²) in [5.41, 5.74) is 6.79. The predicted molar refractivity (Wildman–Crippen MR) is 228 cm³/mol. The highest BCUT2D eigenvalue weighted by Crippen LogP contribution is 2.38. The second kappa shape index (κ2) is 18.0. The van der Waals surface area contributed by atoms with E-state index >= 15 is 4.39 Å². The van der Waals surface area contributed by atoms with Gasteiger partial charge in [-0.3, -0.25) is 9.59 Å². The van der Waals surface area contributed by atoms with E-state index in [-0.39, 0.29) is 35.4 Å². The number of hydrogen-bond acceptors (Lipinski definition) is 8. The van der Waals surface area contributed by atoms with Gasteiger partial charge < -0.3 is 39.9 Å². The van der Waals surface area contributed by atoms with Crippen molar-refractivity contribution in [3.63, 3.8) is 0 Å². The molecule has 3 aliphatic rings.